The minimum Gasteiger partial charge on any atom is -0.496 e. The summed E-state index contributed by atoms with van der Waals surface area (Å²) in [5.41, 5.74) is 23.6. The number of rotatable bonds is 26. The summed E-state index contributed by atoms with van der Waals surface area (Å²) in [6, 6.07) is 34.1. The Kier molecular flexibility index (Phi) is 29.5. The van der Waals surface area contributed by atoms with Gasteiger partial charge in [-0.2, -0.15) is 0 Å². The molecule has 0 radical (unpaired) electrons. The van der Waals surface area contributed by atoms with Crippen molar-refractivity contribution in [3.63, 3.8) is 0 Å². The normalized spacial score (nSPS) is 30.6. The maximum Gasteiger partial charge on any atom is 0.161 e. The Morgan fingerprint density at radius 3 is 0.713 bits per heavy atom. The van der Waals surface area contributed by atoms with E-state index < -0.39 is 15.8 Å². The Hall–Kier alpha value is -3.82. The number of hydrogen-bond acceptors (Lipinski definition) is 4. The largest absolute Gasteiger partial charge is 0.496 e. The summed E-state index contributed by atoms with van der Waals surface area (Å²) < 4.78 is 27.1. The fourth-order valence-electron chi connectivity index (χ4n) is 31.6. The van der Waals surface area contributed by atoms with Crippen LogP contribution in [0, 0.1) is 71.0 Å². The maximum atomic E-state index is 6.81. The first-order chi connectivity index (χ1) is 57.9. The van der Waals surface area contributed by atoms with Crippen molar-refractivity contribution in [2.45, 2.75) is 371 Å². The average molecular weight is 1870 g/mol. The van der Waals surface area contributed by atoms with Crippen molar-refractivity contribution in [3.05, 3.63) is 154 Å². The molecule has 23 rings (SSSR count). The van der Waals surface area contributed by atoms with Crippen molar-refractivity contribution in [2.75, 3.05) is 28.4 Å². The number of ether oxygens (including phenoxy) is 4. The second kappa shape index (κ2) is 38.7. The number of hydrogen-bond donors (Lipinski definition) is 0. The molecule has 0 saturated heterocycles. The van der Waals surface area contributed by atoms with E-state index in [-0.39, 0.29) is 40.8 Å². The summed E-state index contributed by atoms with van der Waals surface area (Å²) in [4.78, 5) is 0. The van der Waals surface area contributed by atoms with E-state index in [9.17, 15) is 0 Å². The van der Waals surface area contributed by atoms with Gasteiger partial charge >= 0.3 is 0 Å². The molecule has 0 amide bonds. The molecule has 668 valence electrons. The third-order valence-corrected chi connectivity index (χ3v) is 43.0. The molecule has 16 fully saturated rings. The second-order valence-corrected chi connectivity index (χ2v) is 51.8. The fraction of sp³-hybridized carbons (Fsp3) is 0.649. The molecule has 0 unspecified atom stereocenters. The van der Waals surface area contributed by atoms with Gasteiger partial charge in [0, 0.05) is 40.8 Å². The van der Waals surface area contributed by atoms with Crippen molar-refractivity contribution in [1.82, 2.24) is 0 Å². The molecule has 122 heavy (non-hydrogen) atoms. The molecule has 0 aliphatic heterocycles. The van der Waals surface area contributed by atoms with Crippen molar-refractivity contribution in [2.24, 2.45) is 71.0 Å². The van der Waals surface area contributed by atoms with E-state index in [4.69, 9.17) is 18.9 Å². The third-order valence-electron chi connectivity index (χ3n) is 34.4. The summed E-state index contributed by atoms with van der Waals surface area (Å²) >= 11 is 0. The van der Waals surface area contributed by atoms with E-state index in [2.05, 4.69) is 206 Å². The maximum absolute atomic E-state index is 6.81. The number of methoxy groups -OCH3 is 4. The molecule has 8 heteroatoms. The number of unbranched alkanes of at least 4 members (excludes halogenated alkanes) is 2. The molecule has 17 aliphatic carbocycles. The van der Waals surface area contributed by atoms with Gasteiger partial charge in [0.2, 0.25) is 0 Å². The first-order valence-corrected chi connectivity index (χ1v) is 53.1. The second-order valence-electron chi connectivity index (χ2n) is 45.0. The Labute approximate surface area is 772 Å². The Balaban J connectivity index is 0.000000171. The minimum atomic E-state index is -1.17. The SMILES string of the molecule is C1=CCCC=CCC1.CCCCc1ccc(-c2c(C(C)C)cc(C(C)C)c(-c3c(OC)ccc(OC)c3[PH+](C34CC5CC(CC(C5)C3)C4)C34CC5CC(CC(C5)C3)C4)c2C(C)C)cc1.CCCCc1ccc(-c2c(C(C)C)cc(C(C)C)c(-c3c(OC)ccc(OC)c3[PH+](C34CC5CC(CC(C5)C3)C4)C34CC5CC(CC(C5)C3)C4)c2C(C)C)cc1.[Pd].[Pd]. The average Bonchev–Trinajstić information content (AvgIpc) is 0.687. The van der Waals surface area contributed by atoms with E-state index in [1.807, 2.05) is 28.4 Å². The molecule has 0 spiro atoms. The van der Waals surface area contributed by atoms with Crippen molar-refractivity contribution in [3.8, 4) is 67.5 Å². The van der Waals surface area contributed by atoms with Crippen LogP contribution in [0.25, 0.3) is 44.5 Å². The Bertz CT molecular complexity index is 4130. The summed E-state index contributed by atoms with van der Waals surface area (Å²) in [6.07, 6.45) is 57.0. The van der Waals surface area contributed by atoms with Crippen LogP contribution in [0.2, 0.25) is 0 Å². The minimum absolute atomic E-state index is 0. The monoisotopic (exact) mass is 1870 g/mol. The molecule has 16 bridgehead atoms. The zero-order valence-corrected chi connectivity index (χ0v) is 84.2. The van der Waals surface area contributed by atoms with Gasteiger partial charge in [0.25, 0.3) is 0 Å². The van der Waals surface area contributed by atoms with E-state index in [0.717, 1.165) is 95.4 Å². The van der Waals surface area contributed by atoms with Crippen LogP contribution >= 0.6 is 15.8 Å². The van der Waals surface area contributed by atoms with Crippen LogP contribution in [0.3, 0.4) is 0 Å². The Morgan fingerprint density at radius 2 is 0.508 bits per heavy atom. The van der Waals surface area contributed by atoms with Gasteiger partial charge in [-0.1, -0.05) is 195 Å². The van der Waals surface area contributed by atoms with E-state index in [1.165, 1.54) is 306 Å². The zero-order chi connectivity index (χ0) is 83.8. The van der Waals surface area contributed by atoms with Gasteiger partial charge in [0.1, 0.15) is 22.1 Å². The summed E-state index contributed by atoms with van der Waals surface area (Å²) in [5.74, 6) is 18.0. The van der Waals surface area contributed by atoms with Gasteiger partial charge in [-0.05, 0) is 414 Å². The molecule has 17 aliphatic rings. The van der Waals surface area contributed by atoms with Crippen molar-refractivity contribution < 1.29 is 59.8 Å². The Morgan fingerprint density at radius 1 is 0.287 bits per heavy atom. The standard InChI is InChI=1S/2C53H73O2P.C8H12.2Pd/c2*1-10-11-12-35-13-15-42(16-14-35)48-43(32(2)3)25-44(33(4)5)49(47(48)34(6)7)50-45(54-8)17-18-46(55-9)51(50)56(52-26-36-19-37(27-52)21-38(20-36)28-52)53-29-39-22-40(30-53)24-41(23-39)31-53;1-2-4-6-8-7-5-3-1;;/h2*13-18,25,32-34,36-41H,10-12,19-24,26-31H2,1-9H3;1-2,7-8H,3-6H2;;/p+2. The molecule has 0 N–H and O–H groups in total. The molecule has 6 aromatic rings. The predicted molar refractivity (Wildman–Crippen MR) is 519 cm³/mol. The molecular weight excluding hydrogens is 1710 g/mol. The number of aryl methyl sites for hydroxylation is 2. The van der Waals surface area contributed by atoms with Crippen LogP contribution in [-0.2, 0) is 53.7 Å². The van der Waals surface area contributed by atoms with Gasteiger partial charge in [-0.3, -0.25) is 0 Å². The van der Waals surface area contributed by atoms with Gasteiger partial charge < -0.3 is 18.9 Å². The van der Waals surface area contributed by atoms with Crippen LogP contribution < -0.4 is 29.6 Å². The first kappa shape index (κ1) is 92.9. The number of allylic oxidation sites excluding steroid dienone is 4. The quantitative estimate of drug-likeness (QED) is 0.0308. The van der Waals surface area contributed by atoms with Crippen LogP contribution in [0.15, 0.2) is 109 Å². The first-order valence-electron chi connectivity index (χ1n) is 50.1. The molecule has 0 atom stereocenters. The summed E-state index contributed by atoms with van der Waals surface area (Å²) in [5, 5.41) is 5.11. The molecule has 0 aromatic heterocycles. The third kappa shape index (κ3) is 17.8. The van der Waals surface area contributed by atoms with E-state index in [1.54, 1.807) is 10.6 Å². The van der Waals surface area contributed by atoms with Crippen molar-refractivity contribution >= 4 is 26.5 Å². The summed E-state index contributed by atoms with van der Waals surface area (Å²) in [6.45, 7) is 34.0. The van der Waals surface area contributed by atoms with Crippen molar-refractivity contribution in [1.29, 1.82) is 0 Å². The number of benzene rings is 6. The molecule has 16 saturated carbocycles. The van der Waals surface area contributed by atoms with Crippen LogP contribution in [-0.4, -0.2) is 49.1 Å². The molecule has 0 heterocycles. The summed E-state index contributed by atoms with van der Waals surface area (Å²) in [7, 11) is 5.57. The zero-order valence-electron chi connectivity index (χ0n) is 79.1. The van der Waals surface area contributed by atoms with Gasteiger partial charge in [0.15, 0.2) is 11.5 Å². The molecular formula is C114H160O4P2Pd2+2. The molecule has 4 nitrogen and oxygen atoms in total. The smallest absolute Gasteiger partial charge is 0.161 e. The van der Waals surface area contributed by atoms with Gasteiger partial charge in [0.05, 0.1) is 76.0 Å². The predicted octanol–water partition coefficient (Wildman–Crippen LogP) is 31.7. The van der Waals surface area contributed by atoms with Crippen LogP contribution in [0.4, 0.5) is 0 Å². The van der Waals surface area contributed by atoms with E-state index in [0.29, 0.717) is 56.1 Å². The van der Waals surface area contributed by atoms with Crippen LogP contribution in [0.1, 0.15) is 382 Å². The van der Waals surface area contributed by atoms with E-state index >= 15 is 0 Å². The fourth-order valence-corrected chi connectivity index (χ4v) is 43.8. The molecule has 6 aromatic carbocycles. The van der Waals surface area contributed by atoms with Gasteiger partial charge in [-0.25, -0.2) is 0 Å². The van der Waals surface area contributed by atoms with Gasteiger partial charge in [-0.15, -0.1) is 0 Å². The topological polar surface area (TPSA) is 36.9 Å². The van der Waals surface area contributed by atoms with Crippen LogP contribution in [0.5, 0.6) is 23.0 Å².